The van der Waals surface area contributed by atoms with Gasteiger partial charge in [0.15, 0.2) is 0 Å². The Balaban J connectivity index is 2.44. The zero-order valence-corrected chi connectivity index (χ0v) is 10.3. The lowest BCUT2D eigenvalue weighted by Crippen LogP contribution is -2.39. The van der Waals surface area contributed by atoms with E-state index in [-0.39, 0.29) is 12.4 Å². The second-order valence-electron chi connectivity index (χ2n) is 4.14. The van der Waals surface area contributed by atoms with E-state index in [4.69, 9.17) is 11.0 Å². The molecule has 0 aliphatic heterocycles. The first-order valence-electron chi connectivity index (χ1n) is 5.58. The monoisotopic (exact) mass is 256 g/mol. The Labute approximate surface area is 108 Å². The van der Waals surface area contributed by atoms with Crippen molar-refractivity contribution in [2.24, 2.45) is 7.05 Å². The van der Waals surface area contributed by atoms with Crippen molar-refractivity contribution in [3.8, 4) is 6.07 Å². The molecule has 1 aromatic heterocycles. The molecule has 0 amide bonds. The summed E-state index contributed by atoms with van der Waals surface area (Å²) in [6.45, 7) is 0.150. The number of benzene rings is 1. The third-order valence-electron chi connectivity index (χ3n) is 2.87. The Kier molecular flexibility index (Phi) is 3.21. The highest BCUT2D eigenvalue weighted by Gasteiger charge is 2.07. The van der Waals surface area contributed by atoms with Gasteiger partial charge >= 0.3 is 5.69 Å². The first kappa shape index (κ1) is 12.6. The lowest BCUT2D eigenvalue weighted by Gasteiger charge is -2.08. The van der Waals surface area contributed by atoms with Crippen molar-refractivity contribution < 1.29 is 0 Å². The largest absolute Gasteiger partial charge is 0.385 e. The van der Waals surface area contributed by atoms with E-state index in [1.165, 1.54) is 17.7 Å². The zero-order chi connectivity index (χ0) is 14.0. The van der Waals surface area contributed by atoms with E-state index in [9.17, 15) is 9.59 Å². The van der Waals surface area contributed by atoms with Crippen LogP contribution in [0.4, 0.5) is 5.82 Å². The van der Waals surface area contributed by atoms with Gasteiger partial charge in [-0.05, 0) is 17.7 Å². The fourth-order valence-electron chi connectivity index (χ4n) is 1.70. The first-order chi connectivity index (χ1) is 9.02. The van der Waals surface area contributed by atoms with Gasteiger partial charge < -0.3 is 5.73 Å². The van der Waals surface area contributed by atoms with Crippen molar-refractivity contribution in [2.75, 3.05) is 5.73 Å². The smallest absolute Gasteiger partial charge is 0.332 e. The topological polar surface area (TPSA) is 93.8 Å². The number of anilines is 1. The molecule has 1 aromatic carbocycles. The maximum Gasteiger partial charge on any atom is 0.332 e. The maximum atomic E-state index is 11.9. The van der Waals surface area contributed by atoms with Gasteiger partial charge in [-0.25, -0.2) is 4.79 Å². The summed E-state index contributed by atoms with van der Waals surface area (Å²) >= 11 is 0. The Bertz CT molecular complexity index is 763. The highest BCUT2D eigenvalue weighted by Crippen LogP contribution is 2.04. The lowest BCUT2D eigenvalue weighted by molar-refractivity contribution is 0.646. The van der Waals surface area contributed by atoms with Crippen LogP contribution in [0.1, 0.15) is 11.1 Å². The van der Waals surface area contributed by atoms with Crippen LogP contribution in [0.2, 0.25) is 0 Å². The molecule has 0 atom stereocenters. The summed E-state index contributed by atoms with van der Waals surface area (Å²) < 4.78 is 2.31. The molecule has 0 aliphatic rings. The Morgan fingerprint density at radius 1 is 1.26 bits per heavy atom. The summed E-state index contributed by atoms with van der Waals surface area (Å²) in [5, 5.41) is 8.70. The van der Waals surface area contributed by atoms with Crippen molar-refractivity contribution in [3.05, 3.63) is 62.3 Å². The molecule has 96 valence electrons. The van der Waals surface area contributed by atoms with Crippen LogP contribution in [-0.2, 0) is 13.6 Å². The van der Waals surface area contributed by atoms with Gasteiger partial charge in [0.25, 0.3) is 5.56 Å². The van der Waals surface area contributed by atoms with Gasteiger partial charge in [-0.15, -0.1) is 0 Å². The van der Waals surface area contributed by atoms with Gasteiger partial charge in [-0.1, -0.05) is 12.1 Å². The van der Waals surface area contributed by atoms with Crippen molar-refractivity contribution in [3.63, 3.8) is 0 Å². The number of nitrogen functional groups attached to an aromatic ring is 1. The molecule has 0 bridgehead atoms. The molecule has 6 nitrogen and oxygen atoms in total. The maximum absolute atomic E-state index is 11.9. The van der Waals surface area contributed by atoms with Crippen LogP contribution >= 0.6 is 0 Å². The van der Waals surface area contributed by atoms with Crippen molar-refractivity contribution in [1.29, 1.82) is 5.26 Å². The standard InChI is InChI=1S/C13H12N4O2/c1-16-11(15)6-12(18)17(13(16)19)8-10-4-2-9(7-14)3-5-10/h2-6H,8,15H2,1H3. The highest BCUT2D eigenvalue weighted by atomic mass is 16.2. The SMILES string of the molecule is Cn1c(N)cc(=O)n(Cc2ccc(C#N)cc2)c1=O. The summed E-state index contributed by atoms with van der Waals surface area (Å²) in [5.74, 6) is 0.131. The molecule has 2 aromatic rings. The summed E-state index contributed by atoms with van der Waals surface area (Å²) in [6.07, 6.45) is 0. The van der Waals surface area contributed by atoms with Gasteiger partial charge in [0.05, 0.1) is 18.2 Å². The van der Waals surface area contributed by atoms with E-state index < -0.39 is 11.2 Å². The molecule has 0 saturated carbocycles. The van der Waals surface area contributed by atoms with Gasteiger partial charge in [-0.3, -0.25) is 13.9 Å². The lowest BCUT2D eigenvalue weighted by atomic mass is 10.1. The van der Waals surface area contributed by atoms with Crippen LogP contribution in [0.5, 0.6) is 0 Å². The molecule has 1 heterocycles. The second-order valence-corrected chi connectivity index (χ2v) is 4.14. The average Bonchev–Trinajstić information content (AvgIpc) is 2.42. The van der Waals surface area contributed by atoms with Gasteiger partial charge in [-0.2, -0.15) is 5.26 Å². The molecule has 0 unspecified atom stereocenters. The Hall–Kier alpha value is -2.81. The van der Waals surface area contributed by atoms with E-state index in [0.29, 0.717) is 5.56 Å². The Morgan fingerprint density at radius 2 is 1.89 bits per heavy atom. The Morgan fingerprint density at radius 3 is 2.47 bits per heavy atom. The minimum absolute atomic E-state index is 0.131. The number of rotatable bonds is 2. The van der Waals surface area contributed by atoms with Crippen LogP contribution in [0.25, 0.3) is 0 Å². The van der Waals surface area contributed by atoms with Crippen molar-refractivity contribution in [2.45, 2.75) is 6.54 Å². The molecule has 2 rings (SSSR count). The number of nitrogens with two attached hydrogens (primary N) is 1. The van der Waals surface area contributed by atoms with Crippen molar-refractivity contribution >= 4 is 5.82 Å². The third-order valence-corrected chi connectivity index (χ3v) is 2.87. The van der Waals surface area contributed by atoms with E-state index in [1.54, 1.807) is 24.3 Å². The number of nitriles is 1. The summed E-state index contributed by atoms with van der Waals surface area (Å²) in [5.41, 5.74) is 5.93. The fraction of sp³-hybridized carbons (Fsp3) is 0.154. The number of aromatic nitrogens is 2. The first-order valence-corrected chi connectivity index (χ1v) is 5.58. The van der Waals surface area contributed by atoms with Crippen LogP contribution < -0.4 is 17.0 Å². The minimum atomic E-state index is -0.464. The normalized spacial score (nSPS) is 10.1. The minimum Gasteiger partial charge on any atom is -0.385 e. The molecule has 0 aliphatic carbocycles. The predicted octanol–water partition coefficient (Wildman–Crippen LogP) is 0.0492. The third kappa shape index (κ3) is 2.40. The number of hydrogen-bond acceptors (Lipinski definition) is 4. The molecule has 0 radical (unpaired) electrons. The molecule has 6 heteroatoms. The fourth-order valence-corrected chi connectivity index (χ4v) is 1.70. The summed E-state index contributed by atoms with van der Waals surface area (Å²) in [6, 6.07) is 9.92. The van der Waals surface area contributed by atoms with E-state index in [2.05, 4.69) is 0 Å². The zero-order valence-electron chi connectivity index (χ0n) is 10.3. The van der Waals surface area contributed by atoms with Crippen LogP contribution in [0, 0.1) is 11.3 Å². The molecule has 2 N–H and O–H groups in total. The molecular weight excluding hydrogens is 244 g/mol. The summed E-state index contributed by atoms with van der Waals surface area (Å²) in [4.78, 5) is 23.7. The number of hydrogen-bond donors (Lipinski definition) is 1. The van der Waals surface area contributed by atoms with Crippen LogP contribution in [-0.4, -0.2) is 9.13 Å². The van der Waals surface area contributed by atoms with Gasteiger partial charge in [0.1, 0.15) is 5.82 Å². The van der Waals surface area contributed by atoms with E-state index in [1.807, 2.05) is 6.07 Å². The quantitative estimate of drug-likeness (QED) is 0.821. The average molecular weight is 256 g/mol. The van der Waals surface area contributed by atoms with Crippen molar-refractivity contribution in [1.82, 2.24) is 9.13 Å². The van der Waals surface area contributed by atoms with Crippen LogP contribution in [0.15, 0.2) is 39.9 Å². The van der Waals surface area contributed by atoms with Gasteiger partial charge in [0, 0.05) is 13.1 Å². The van der Waals surface area contributed by atoms with Gasteiger partial charge in [0.2, 0.25) is 0 Å². The summed E-state index contributed by atoms with van der Waals surface area (Å²) in [7, 11) is 1.51. The second kappa shape index (κ2) is 4.82. The molecule has 0 fully saturated rings. The van der Waals surface area contributed by atoms with E-state index >= 15 is 0 Å². The molecule has 0 saturated heterocycles. The van der Waals surface area contributed by atoms with E-state index in [0.717, 1.165) is 10.1 Å². The number of nitrogens with zero attached hydrogens (tertiary/aromatic N) is 3. The predicted molar refractivity (Wildman–Crippen MR) is 70.6 cm³/mol. The van der Waals surface area contributed by atoms with Crippen LogP contribution in [0.3, 0.4) is 0 Å². The molecule has 0 spiro atoms. The highest BCUT2D eigenvalue weighted by molar-refractivity contribution is 5.32. The molecule has 19 heavy (non-hydrogen) atoms. The molecular formula is C13H12N4O2.